The monoisotopic (exact) mass is 260 g/mol. The van der Waals surface area contributed by atoms with E-state index in [0.29, 0.717) is 12.5 Å². The van der Waals surface area contributed by atoms with Crippen molar-refractivity contribution in [3.63, 3.8) is 0 Å². The van der Waals surface area contributed by atoms with E-state index < -0.39 is 0 Å². The molecule has 1 N–H and O–H groups in total. The molecule has 3 nitrogen and oxygen atoms in total. The summed E-state index contributed by atoms with van der Waals surface area (Å²) in [5, 5.41) is 3.01. The lowest BCUT2D eigenvalue weighted by Crippen LogP contribution is -2.39. The van der Waals surface area contributed by atoms with E-state index in [0.717, 1.165) is 18.8 Å². The second-order valence-electron chi connectivity index (χ2n) is 5.91. The Labute approximate surface area is 116 Å². The van der Waals surface area contributed by atoms with E-state index in [4.69, 9.17) is 0 Å². The molecule has 3 heteroatoms. The van der Waals surface area contributed by atoms with Gasteiger partial charge in [0.05, 0.1) is 6.54 Å². The van der Waals surface area contributed by atoms with Gasteiger partial charge in [-0.1, -0.05) is 13.0 Å². The number of hydrogen-bond donors (Lipinski definition) is 1. The van der Waals surface area contributed by atoms with Gasteiger partial charge in [-0.3, -0.25) is 9.69 Å². The molecular weight excluding hydrogens is 236 g/mol. The van der Waals surface area contributed by atoms with Crippen LogP contribution in [0.5, 0.6) is 0 Å². The average Bonchev–Trinajstić information content (AvgIpc) is 2.26. The molecule has 1 saturated heterocycles. The fourth-order valence-corrected chi connectivity index (χ4v) is 2.88. The number of anilines is 1. The summed E-state index contributed by atoms with van der Waals surface area (Å²) in [6.45, 7) is 8.96. The predicted molar refractivity (Wildman–Crippen MR) is 79.4 cm³/mol. The highest BCUT2D eigenvalue weighted by atomic mass is 16.2. The van der Waals surface area contributed by atoms with E-state index in [2.05, 4.69) is 37.1 Å². The molecule has 1 aliphatic heterocycles. The van der Waals surface area contributed by atoms with Crippen LogP contribution in [0.1, 0.15) is 30.9 Å². The number of likely N-dealkylation sites (tertiary alicyclic amines) is 1. The topological polar surface area (TPSA) is 32.3 Å². The summed E-state index contributed by atoms with van der Waals surface area (Å²) in [6.07, 6.45) is 2.49. The molecule has 19 heavy (non-hydrogen) atoms. The number of nitrogens with zero attached hydrogens (tertiary/aromatic N) is 1. The van der Waals surface area contributed by atoms with Gasteiger partial charge in [0.2, 0.25) is 5.91 Å². The van der Waals surface area contributed by atoms with Crippen molar-refractivity contribution in [2.45, 2.75) is 33.6 Å². The zero-order chi connectivity index (χ0) is 13.8. The summed E-state index contributed by atoms with van der Waals surface area (Å²) in [4.78, 5) is 14.3. The zero-order valence-electron chi connectivity index (χ0n) is 12.2. The molecule has 1 amide bonds. The Hall–Kier alpha value is -1.35. The Bertz CT molecular complexity index is 436. The highest BCUT2D eigenvalue weighted by Gasteiger charge is 2.18. The maximum Gasteiger partial charge on any atom is 0.238 e. The summed E-state index contributed by atoms with van der Waals surface area (Å²) in [5.74, 6) is 0.807. The number of carbonyl (C=O) groups excluding carboxylic acids is 1. The number of hydrogen-bond acceptors (Lipinski definition) is 2. The van der Waals surface area contributed by atoms with Crippen molar-refractivity contribution < 1.29 is 4.79 Å². The van der Waals surface area contributed by atoms with Crippen molar-refractivity contribution in [1.29, 1.82) is 0 Å². The number of carbonyl (C=O) groups is 1. The molecule has 0 unspecified atom stereocenters. The van der Waals surface area contributed by atoms with Crippen LogP contribution in [0, 0.1) is 19.8 Å². The van der Waals surface area contributed by atoms with E-state index in [1.807, 2.05) is 12.1 Å². The van der Waals surface area contributed by atoms with Gasteiger partial charge in [-0.25, -0.2) is 0 Å². The standard InChI is InChI=1S/C16H24N2O/c1-12-5-4-6-18(10-12)11-16(19)17-15-8-13(2)7-14(3)9-15/h7-9,12H,4-6,10-11H2,1-3H3,(H,17,19)/t12-/m1/s1. The number of amides is 1. The second-order valence-corrected chi connectivity index (χ2v) is 5.91. The van der Waals surface area contributed by atoms with Crippen LogP contribution < -0.4 is 5.32 Å². The van der Waals surface area contributed by atoms with Crippen molar-refractivity contribution in [2.24, 2.45) is 5.92 Å². The SMILES string of the molecule is Cc1cc(C)cc(NC(=O)CN2CCC[C@@H](C)C2)c1. The van der Waals surface area contributed by atoms with E-state index >= 15 is 0 Å². The molecule has 0 bridgehead atoms. The Morgan fingerprint density at radius 2 is 2.00 bits per heavy atom. The highest BCUT2D eigenvalue weighted by molar-refractivity contribution is 5.92. The predicted octanol–water partition coefficient (Wildman–Crippen LogP) is 2.97. The molecule has 1 aromatic rings. The third kappa shape index (κ3) is 4.35. The lowest BCUT2D eigenvalue weighted by molar-refractivity contribution is -0.117. The van der Waals surface area contributed by atoms with Gasteiger partial charge in [0.25, 0.3) is 0 Å². The number of rotatable bonds is 3. The van der Waals surface area contributed by atoms with Crippen LogP contribution in [-0.2, 0) is 4.79 Å². The quantitative estimate of drug-likeness (QED) is 0.906. The first-order valence-electron chi connectivity index (χ1n) is 7.13. The van der Waals surface area contributed by atoms with Gasteiger partial charge in [0.15, 0.2) is 0 Å². The highest BCUT2D eigenvalue weighted by Crippen LogP contribution is 2.16. The lowest BCUT2D eigenvalue weighted by atomic mass is 10.0. The Morgan fingerprint density at radius 1 is 1.32 bits per heavy atom. The van der Waals surface area contributed by atoms with Crippen molar-refractivity contribution >= 4 is 11.6 Å². The molecule has 0 radical (unpaired) electrons. The number of nitrogens with one attached hydrogen (secondary N) is 1. The minimum absolute atomic E-state index is 0.0964. The minimum atomic E-state index is 0.0964. The van der Waals surface area contributed by atoms with Gasteiger partial charge >= 0.3 is 0 Å². The van der Waals surface area contributed by atoms with Crippen LogP contribution in [0.25, 0.3) is 0 Å². The van der Waals surface area contributed by atoms with Gasteiger partial charge in [0, 0.05) is 12.2 Å². The van der Waals surface area contributed by atoms with Crippen LogP contribution in [0.3, 0.4) is 0 Å². The first kappa shape index (κ1) is 14.1. The summed E-state index contributed by atoms with van der Waals surface area (Å²) in [7, 11) is 0. The molecule has 0 spiro atoms. The Morgan fingerprint density at radius 3 is 2.63 bits per heavy atom. The maximum absolute atomic E-state index is 12.1. The van der Waals surface area contributed by atoms with Crippen molar-refractivity contribution in [2.75, 3.05) is 25.0 Å². The Balaban J connectivity index is 1.90. The van der Waals surface area contributed by atoms with Crippen molar-refractivity contribution in [1.82, 2.24) is 4.90 Å². The summed E-state index contributed by atoms with van der Waals surface area (Å²) < 4.78 is 0. The number of aryl methyl sites for hydroxylation is 2. The summed E-state index contributed by atoms with van der Waals surface area (Å²) >= 11 is 0. The Kier molecular flexibility index (Phi) is 4.59. The van der Waals surface area contributed by atoms with Crippen LogP contribution in [0.4, 0.5) is 5.69 Å². The molecule has 1 fully saturated rings. The first-order valence-corrected chi connectivity index (χ1v) is 7.13. The van der Waals surface area contributed by atoms with Crippen molar-refractivity contribution in [3.8, 4) is 0 Å². The number of benzene rings is 1. The zero-order valence-corrected chi connectivity index (χ0v) is 12.2. The molecule has 1 aromatic carbocycles. The van der Waals surface area contributed by atoms with Crippen LogP contribution in [0.2, 0.25) is 0 Å². The van der Waals surface area contributed by atoms with Gasteiger partial charge < -0.3 is 5.32 Å². The minimum Gasteiger partial charge on any atom is -0.325 e. The molecule has 1 atom stereocenters. The second kappa shape index (κ2) is 6.20. The van der Waals surface area contributed by atoms with E-state index in [9.17, 15) is 4.79 Å². The smallest absolute Gasteiger partial charge is 0.238 e. The molecular formula is C16H24N2O. The fourth-order valence-electron chi connectivity index (χ4n) is 2.88. The van der Waals surface area contributed by atoms with Gasteiger partial charge in [-0.05, 0) is 62.4 Å². The fraction of sp³-hybridized carbons (Fsp3) is 0.562. The van der Waals surface area contributed by atoms with Crippen LogP contribution >= 0.6 is 0 Å². The maximum atomic E-state index is 12.1. The van der Waals surface area contributed by atoms with Gasteiger partial charge in [-0.2, -0.15) is 0 Å². The first-order chi connectivity index (χ1) is 9.02. The van der Waals surface area contributed by atoms with Crippen LogP contribution in [0.15, 0.2) is 18.2 Å². The number of piperidine rings is 1. The summed E-state index contributed by atoms with van der Waals surface area (Å²) in [5.41, 5.74) is 3.27. The lowest BCUT2D eigenvalue weighted by Gasteiger charge is -2.30. The molecule has 0 aromatic heterocycles. The van der Waals surface area contributed by atoms with Crippen LogP contribution in [-0.4, -0.2) is 30.4 Å². The third-order valence-corrected chi connectivity index (χ3v) is 3.61. The molecule has 1 aliphatic rings. The normalized spacial score (nSPS) is 20.3. The van der Waals surface area contributed by atoms with Crippen molar-refractivity contribution in [3.05, 3.63) is 29.3 Å². The third-order valence-electron chi connectivity index (χ3n) is 3.61. The molecule has 104 valence electrons. The van der Waals surface area contributed by atoms with Gasteiger partial charge in [0.1, 0.15) is 0 Å². The molecule has 0 aliphatic carbocycles. The van der Waals surface area contributed by atoms with E-state index in [1.54, 1.807) is 0 Å². The molecule has 0 saturated carbocycles. The average molecular weight is 260 g/mol. The largest absolute Gasteiger partial charge is 0.325 e. The van der Waals surface area contributed by atoms with E-state index in [1.165, 1.54) is 24.0 Å². The van der Waals surface area contributed by atoms with Gasteiger partial charge in [-0.15, -0.1) is 0 Å². The van der Waals surface area contributed by atoms with E-state index in [-0.39, 0.29) is 5.91 Å². The summed E-state index contributed by atoms with van der Waals surface area (Å²) in [6, 6.07) is 6.15. The molecule has 2 rings (SSSR count). The molecule has 1 heterocycles.